The lowest BCUT2D eigenvalue weighted by molar-refractivity contribution is 0.0885. The lowest BCUT2D eigenvalue weighted by Gasteiger charge is -2.17. The average Bonchev–Trinajstić information content (AvgIpc) is 3.46. The first-order valence-electron chi connectivity index (χ1n) is 9.70. The Balaban J connectivity index is 1.59. The van der Waals surface area contributed by atoms with Gasteiger partial charge in [-0.2, -0.15) is 4.98 Å². The smallest absolute Gasteiger partial charge is 0.287 e. The third kappa shape index (κ3) is 3.78. The molecule has 0 fully saturated rings. The van der Waals surface area contributed by atoms with Crippen molar-refractivity contribution in [2.24, 2.45) is 5.92 Å². The second kappa shape index (κ2) is 7.90. The molecule has 150 valence electrons. The minimum atomic E-state index is -0.429. The number of amides is 1. The summed E-state index contributed by atoms with van der Waals surface area (Å²) in [6.45, 7) is 7.01. The van der Waals surface area contributed by atoms with Gasteiger partial charge < -0.3 is 18.8 Å². The summed E-state index contributed by atoms with van der Waals surface area (Å²) in [5.74, 6) is 0.783. The van der Waals surface area contributed by atoms with Crippen LogP contribution in [0.2, 0.25) is 0 Å². The number of carbonyl (C=O) groups excluding carboxylic acids is 1. The summed E-state index contributed by atoms with van der Waals surface area (Å²) in [5, 5.41) is 7.02. The van der Waals surface area contributed by atoms with Gasteiger partial charge in [-0.1, -0.05) is 25.9 Å². The summed E-state index contributed by atoms with van der Waals surface area (Å²) < 4.78 is 12.8. The summed E-state index contributed by atoms with van der Waals surface area (Å²) in [5.41, 5.74) is 2.77. The maximum Gasteiger partial charge on any atom is 0.287 e. The van der Waals surface area contributed by atoms with Crippen molar-refractivity contribution in [1.29, 1.82) is 0 Å². The quantitative estimate of drug-likeness (QED) is 0.505. The van der Waals surface area contributed by atoms with E-state index < -0.39 is 6.04 Å². The zero-order valence-corrected chi connectivity index (χ0v) is 16.6. The van der Waals surface area contributed by atoms with E-state index in [2.05, 4.69) is 31.9 Å². The van der Waals surface area contributed by atoms with Crippen LogP contribution >= 0.6 is 0 Å². The van der Waals surface area contributed by atoms with E-state index in [-0.39, 0.29) is 17.6 Å². The van der Waals surface area contributed by atoms with Gasteiger partial charge in [0.05, 0.1) is 23.6 Å². The van der Waals surface area contributed by atoms with Crippen molar-refractivity contribution in [2.75, 3.05) is 0 Å². The highest BCUT2D eigenvalue weighted by molar-refractivity contribution is 5.91. The topological polar surface area (TPSA) is 99.0 Å². The molecule has 0 bridgehead atoms. The molecule has 8 heteroatoms. The number of imidazole rings is 1. The van der Waals surface area contributed by atoms with Gasteiger partial charge >= 0.3 is 0 Å². The Labute approximate surface area is 167 Å². The Morgan fingerprint density at radius 1 is 1.28 bits per heavy atom. The normalized spacial score (nSPS) is 12.6. The number of benzene rings is 1. The van der Waals surface area contributed by atoms with E-state index in [1.807, 2.05) is 38.4 Å². The Morgan fingerprint density at radius 3 is 2.86 bits per heavy atom. The third-order valence-electron chi connectivity index (χ3n) is 4.75. The van der Waals surface area contributed by atoms with Crippen LogP contribution in [-0.4, -0.2) is 25.6 Å². The largest absolute Gasteiger partial charge is 0.459 e. The Bertz CT molecular complexity index is 1110. The molecule has 1 atom stereocenters. The maximum atomic E-state index is 12.4. The number of carbonyl (C=O) groups is 1. The van der Waals surface area contributed by atoms with Crippen LogP contribution in [0.4, 0.5) is 0 Å². The van der Waals surface area contributed by atoms with E-state index in [1.165, 1.54) is 6.26 Å². The van der Waals surface area contributed by atoms with Crippen LogP contribution in [0.25, 0.3) is 22.4 Å². The second-order valence-corrected chi connectivity index (χ2v) is 7.27. The molecule has 0 aliphatic rings. The molecule has 0 saturated carbocycles. The molecule has 4 rings (SSSR count). The fourth-order valence-corrected chi connectivity index (χ4v) is 3.23. The van der Waals surface area contributed by atoms with E-state index >= 15 is 0 Å². The zero-order chi connectivity index (χ0) is 20.4. The molecule has 1 amide bonds. The number of aromatic nitrogens is 4. The van der Waals surface area contributed by atoms with Crippen LogP contribution < -0.4 is 5.32 Å². The first-order valence-corrected chi connectivity index (χ1v) is 9.70. The third-order valence-corrected chi connectivity index (χ3v) is 4.75. The average molecular weight is 393 g/mol. The van der Waals surface area contributed by atoms with Gasteiger partial charge in [-0.3, -0.25) is 4.79 Å². The van der Waals surface area contributed by atoms with Crippen molar-refractivity contribution in [2.45, 2.75) is 39.8 Å². The van der Waals surface area contributed by atoms with Gasteiger partial charge in [-0.15, -0.1) is 0 Å². The molecule has 1 N–H and O–H groups in total. The molecule has 4 aromatic rings. The van der Waals surface area contributed by atoms with Crippen molar-refractivity contribution < 1.29 is 13.7 Å². The number of nitrogens with one attached hydrogen (secondary N) is 1. The van der Waals surface area contributed by atoms with E-state index in [4.69, 9.17) is 8.94 Å². The number of furan rings is 1. The van der Waals surface area contributed by atoms with E-state index in [9.17, 15) is 4.79 Å². The molecule has 29 heavy (non-hydrogen) atoms. The maximum absolute atomic E-state index is 12.4. The SMILES string of the molecule is CCCn1cnc2cc(-c3noc([C@@H](NC(=O)c4ccco4)C(C)C)n3)ccc21. The molecular weight excluding hydrogens is 370 g/mol. The molecule has 3 heterocycles. The van der Waals surface area contributed by atoms with Crippen molar-refractivity contribution in [1.82, 2.24) is 25.0 Å². The molecule has 0 saturated heterocycles. The Hall–Kier alpha value is -3.42. The summed E-state index contributed by atoms with van der Waals surface area (Å²) in [7, 11) is 0. The van der Waals surface area contributed by atoms with Gasteiger partial charge in [0, 0.05) is 12.1 Å². The number of hydrogen-bond donors (Lipinski definition) is 1. The van der Waals surface area contributed by atoms with E-state index in [0.717, 1.165) is 29.6 Å². The zero-order valence-electron chi connectivity index (χ0n) is 16.6. The van der Waals surface area contributed by atoms with Gasteiger partial charge in [0.1, 0.15) is 6.04 Å². The van der Waals surface area contributed by atoms with Gasteiger partial charge in [0.2, 0.25) is 11.7 Å². The Kier molecular flexibility index (Phi) is 5.16. The van der Waals surface area contributed by atoms with Gasteiger partial charge in [0.25, 0.3) is 5.91 Å². The first-order chi connectivity index (χ1) is 14.1. The highest BCUT2D eigenvalue weighted by Gasteiger charge is 2.26. The fourth-order valence-electron chi connectivity index (χ4n) is 3.23. The van der Waals surface area contributed by atoms with Crippen molar-refractivity contribution in [3.8, 4) is 11.4 Å². The van der Waals surface area contributed by atoms with Gasteiger partial charge in [-0.05, 0) is 42.7 Å². The first kappa shape index (κ1) is 18.9. The number of rotatable bonds is 7. The molecule has 0 aliphatic carbocycles. The van der Waals surface area contributed by atoms with E-state index in [0.29, 0.717) is 11.7 Å². The highest BCUT2D eigenvalue weighted by atomic mass is 16.5. The van der Waals surface area contributed by atoms with E-state index in [1.54, 1.807) is 12.1 Å². The van der Waals surface area contributed by atoms with Crippen molar-refractivity contribution in [3.05, 3.63) is 54.6 Å². The monoisotopic (exact) mass is 393 g/mol. The molecule has 0 radical (unpaired) electrons. The van der Waals surface area contributed by atoms with Gasteiger partial charge in [0.15, 0.2) is 5.76 Å². The Morgan fingerprint density at radius 2 is 2.14 bits per heavy atom. The molecule has 1 aromatic carbocycles. The van der Waals surface area contributed by atoms with Gasteiger partial charge in [-0.25, -0.2) is 4.98 Å². The lowest BCUT2D eigenvalue weighted by Crippen LogP contribution is -2.31. The summed E-state index contributed by atoms with van der Waals surface area (Å²) in [6, 6.07) is 8.77. The fraction of sp³-hybridized carbons (Fsp3) is 0.333. The number of fused-ring (bicyclic) bond motifs is 1. The highest BCUT2D eigenvalue weighted by Crippen LogP contribution is 2.26. The molecule has 0 aliphatic heterocycles. The number of aryl methyl sites for hydroxylation is 1. The minimum Gasteiger partial charge on any atom is -0.459 e. The van der Waals surface area contributed by atoms with Crippen LogP contribution in [-0.2, 0) is 6.54 Å². The number of nitrogens with zero attached hydrogens (tertiary/aromatic N) is 4. The molecule has 8 nitrogen and oxygen atoms in total. The van der Waals surface area contributed by atoms with Crippen molar-refractivity contribution in [3.63, 3.8) is 0 Å². The predicted octanol–water partition coefficient (Wildman–Crippen LogP) is 4.22. The standard InChI is InChI=1S/C21H23N5O3/c1-4-9-26-12-22-15-11-14(7-8-16(15)26)19-24-21(29-25-19)18(13(2)3)23-20(27)17-6-5-10-28-17/h5-8,10-13,18H,4,9H2,1-3H3,(H,23,27)/t18-/m0/s1. The van der Waals surface area contributed by atoms with Crippen LogP contribution in [0.15, 0.2) is 51.9 Å². The molecular formula is C21H23N5O3. The molecule has 3 aromatic heterocycles. The summed E-state index contributed by atoms with van der Waals surface area (Å²) in [6.07, 6.45) is 4.35. The molecule has 0 spiro atoms. The lowest BCUT2D eigenvalue weighted by atomic mass is 10.0. The predicted molar refractivity (Wildman–Crippen MR) is 107 cm³/mol. The van der Waals surface area contributed by atoms with Crippen molar-refractivity contribution >= 4 is 16.9 Å². The molecule has 0 unspecified atom stereocenters. The second-order valence-electron chi connectivity index (χ2n) is 7.27. The van der Waals surface area contributed by atoms with Crippen LogP contribution in [0, 0.1) is 5.92 Å². The van der Waals surface area contributed by atoms with Crippen LogP contribution in [0.1, 0.15) is 49.7 Å². The number of hydrogen-bond acceptors (Lipinski definition) is 6. The minimum absolute atomic E-state index is 0.0504. The summed E-state index contributed by atoms with van der Waals surface area (Å²) >= 11 is 0. The van der Waals surface area contributed by atoms with Crippen LogP contribution in [0.3, 0.4) is 0 Å². The van der Waals surface area contributed by atoms with Crippen LogP contribution in [0.5, 0.6) is 0 Å². The summed E-state index contributed by atoms with van der Waals surface area (Å²) in [4.78, 5) is 21.4.